The molecule has 2 nitrogen and oxygen atoms in total. The zero-order valence-corrected chi connectivity index (χ0v) is 5.58. The van der Waals surface area contributed by atoms with Gasteiger partial charge in [0.2, 0.25) is 0 Å². The number of rotatable bonds is 0. The summed E-state index contributed by atoms with van der Waals surface area (Å²) < 4.78 is 5.19. The molecule has 0 aromatic rings. The summed E-state index contributed by atoms with van der Waals surface area (Å²) in [6.45, 7) is 0. The van der Waals surface area contributed by atoms with E-state index in [9.17, 15) is 0 Å². The van der Waals surface area contributed by atoms with Crippen molar-refractivity contribution in [3.8, 4) is 0 Å². The van der Waals surface area contributed by atoms with Gasteiger partial charge < -0.3 is 9.84 Å². The van der Waals surface area contributed by atoms with Crippen molar-refractivity contribution in [2.75, 3.05) is 7.11 Å². The molecule has 0 amide bonds. The lowest BCUT2D eigenvalue weighted by Crippen LogP contribution is -1.93. The molecule has 0 aromatic heterocycles. The van der Waals surface area contributed by atoms with Crippen LogP contribution >= 0.6 is 0 Å². The molecule has 1 aliphatic heterocycles. The minimum Gasteiger partial charge on any atom is -0.400 e. The molecule has 0 spiro atoms. The Morgan fingerprint density at radius 3 is 2.78 bits per heavy atom. The van der Waals surface area contributed by atoms with Crippen LogP contribution in [0.2, 0.25) is 0 Å². The fourth-order valence-electron chi connectivity index (χ4n) is 1.05. The van der Waals surface area contributed by atoms with Crippen molar-refractivity contribution in [2.24, 2.45) is 0 Å². The van der Waals surface area contributed by atoms with Crippen molar-refractivity contribution in [1.29, 1.82) is 0 Å². The molecule has 1 aliphatic carbocycles. The minimum atomic E-state index is 0.522. The van der Waals surface area contributed by atoms with Gasteiger partial charge in [0.25, 0.3) is 0 Å². The summed E-state index contributed by atoms with van der Waals surface area (Å²) in [5.41, 5.74) is 0. The maximum Gasteiger partial charge on any atom is 0.102 e. The predicted octanol–water partition coefficient (Wildman–Crippen LogP) is 0.712. The van der Waals surface area contributed by atoms with Crippen LogP contribution < -0.4 is 0 Å². The third-order valence-corrected chi connectivity index (χ3v) is 1.57. The number of aliphatic hydroxyl groups is 1. The first-order chi connectivity index (χ1) is 4.47. The van der Waals surface area contributed by atoms with Crippen LogP contribution in [-0.4, -0.2) is 24.4 Å². The topological polar surface area (TPSA) is 32.8 Å². The Hall–Kier alpha value is -0.340. The molecule has 0 saturated carbocycles. The van der Waals surface area contributed by atoms with Crippen LogP contribution in [0.15, 0.2) is 12.2 Å². The quantitative estimate of drug-likeness (QED) is 0.385. The van der Waals surface area contributed by atoms with Gasteiger partial charge in [-0.15, -0.1) is 0 Å². The van der Waals surface area contributed by atoms with Gasteiger partial charge in [0.05, 0.1) is 6.10 Å². The molecule has 0 bridgehead atoms. The summed E-state index contributed by atoms with van der Waals surface area (Å²) in [6, 6.07) is 0. The number of aliphatic hydroxyl groups excluding tert-OH is 1. The number of hydrogen-bond acceptors (Lipinski definition) is 2. The highest BCUT2D eigenvalue weighted by atomic mass is 16.6. The summed E-state index contributed by atoms with van der Waals surface area (Å²) in [7, 11) is 1.00. The molecule has 2 rings (SSSR count). The molecule has 1 saturated heterocycles. The summed E-state index contributed by atoms with van der Waals surface area (Å²) in [4.78, 5) is 0. The first kappa shape index (κ1) is 6.78. The van der Waals surface area contributed by atoms with Crippen LogP contribution in [0.25, 0.3) is 0 Å². The van der Waals surface area contributed by atoms with Gasteiger partial charge in [0, 0.05) is 7.11 Å². The third-order valence-electron chi connectivity index (χ3n) is 1.57. The van der Waals surface area contributed by atoms with E-state index < -0.39 is 0 Å². The number of fused-ring (bicyclic) bond motifs is 1. The number of allylic oxidation sites excluding steroid dienone is 1. The lowest BCUT2D eigenvalue weighted by molar-refractivity contribution is 0.385. The monoisotopic (exact) mass is 128 g/mol. The van der Waals surface area contributed by atoms with Crippen LogP contribution in [0.5, 0.6) is 0 Å². The standard InChI is InChI=1S/C6H8O.CH4O/c1-2-4-6-5(3-1)7-6;1-2/h1,3,5-6H,2,4H2;2H,1H3. The highest BCUT2D eigenvalue weighted by Crippen LogP contribution is 2.31. The number of hydrogen-bond donors (Lipinski definition) is 1. The van der Waals surface area contributed by atoms with Crippen LogP contribution in [0.4, 0.5) is 0 Å². The molecule has 2 aliphatic rings. The second kappa shape index (κ2) is 2.99. The molecule has 1 N–H and O–H groups in total. The van der Waals surface area contributed by atoms with Crippen LogP contribution in [0.3, 0.4) is 0 Å². The van der Waals surface area contributed by atoms with Crippen LogP contribution in [0.1, 0.15) is 12.8 Å². The number of epoxide rings is 1. The molecular weight excluding hydrogens is 116 g/mol. The van der Waals surface area contributed by atoms with E-state index in [1.165, 1.54) is 12.8 Å². The first-order valence-electron chi connectivity index (χ1n) is 3.24. The van der Waals surface area contributed by atoms with Gasteiger partial charge in [-0.1, -0.05) is 12.2 Å². The Bertz CT molecular complexity index is 109. The second-order valence-corrected chi connectivity index (χ2v) is 2.14. The van der Waals surface area contributed by atoms with E-state index in [1.807, 2.05) is 0 Å². The molecule has 9 heavy (non-hydrogen) atoms. The molecule has 0 aromatic carbocycles. The highest BCUT2D eigenvalue weighted by Gasteiger charge is 2.37. The molecule has 0 radical (unpaired) electrons. The molecule has 1 heterocycles. The minimum absolute atomic E-state index is 0.522. The average Bonchev–Trinajstić information content (AvgIpc) is 2.69. The van der Waals surface area contributed by atoms with Crippen molar-refractivity contribution in [1.82, 2.24) is 0 Å². The van der Waals surface area contributed by atoms with Gasteiger partial charge in [-0.05, 0) is 12.8 Å². The Labute approximate surface area is 55.1 Å². The fraction of sp³-hybridized carbons (Fsp3) is 0.714. The molecule has 2 heteroatoms. The van der Waals surface area contributed by atoms with E-state index in [1.54, 1.807) is 0 Å². The second-order valence-electron chi connectivity index (χ2n) is 2.14. The predicted molar refractivity (Wildman–Crippen MR) is 35.2 cm³/mol. The zero-order chi connectivity index (χ0) is 6.69. The van der Waals surface area contributed by atoms with Crippen molar-refractivity contribution in [3.63, 3.8) is 0 Å². The first-order valence-corrected chi connectivity index (χ1v) is 3.24. The fourth-order valence-corrected chi connectivity index (χ4v) is 1.05. The Kier molecular flexibility index (Phi) is 2.25. The Balaban J connectivity index is 0.000000186. The van der Waals surface area contributed by atoms with Gasteiger partial charge in [0.1, 0.15) is 6.10 Å². The lowest BCUT2D eigenvalue weighted by atomic mass is 10.1. The van der Waals surface area contributed by atoms with E-state index in [4.69, 9.17) is 9.84 Å². The Morgan fingerprint density at radius 1 is 1.56 bits per heavy atom. The van der Waals surface area contributed by atoms with Crippen molar-refractivity contribution in [3.05, 3.63) is 12.2 Å². The molecule has 52 valence electrons. The zero-order valence-electron chi connectivity index (χ0n) is 5.58. The third kappa shape index (κ3) is 1.53. The van der Waals surface area contributed by atoms with Gasteiger partial charge in [-0.3, -0.25) is 0 Å². The maximum atomic E-state index is 7.00. The molecule has 1 fully saturated rings. The van der Waals surface area contributed by atoms with E-state index in [-0.39, 0.29) is 0 Å². The average molecular weight is 128 g/mol. The summed E-state index contributed by atoms with van der Waals surface area (Å²) in [6.07, 6.45) is 7.98. The van der Waals surface area contributed by atoms with Gasteiger partial charge in [0.15, 0.2) is 0 Å². The largest absolute Gasteiger partial charge is 0.400 e. The lowest BCUT2D eigenvalue weighted by Gasteiger charge is -1.91. The van der Waals surface area contributed by atoms with Crippen LogP contribution in [-0.2, 0) is 4.74 Å². The number of ether oxygens (including phenoxy) is 1. The molecular formula is C7H12O2. The molecule has 2 atom stereocenters. The molecule has 2 unspecified atom stereocenters. The van der Waals surface area contributed by atoms with E-state index >= 15 is 0 Å². The Morgan fingerprint density at radius 2 is 2.33 bits per heavy atom. The summed E-state index contributed by atoms with van der Waals surface area (Å²) in [5.74, 6) is 0. The van der Waals surface area contributed by atoms with Gasteiger partial charge in [-0.2, -0.15) is 0 Å². The van der Waals surface area contributed by atoms with E-state index in [0.29, 0.717) is 12.2 Å². The van der Waals surface area contributed by atoms with Gasteiger partial charge >= 0.3 is 0 Å². The van der Waals surface area contributed by atoms with Crippen LogP contribution in [0, 0.1) is 0 Å². The SMILES string of the molecule is C1=CC2OC2CC1.CO. The normalized spacial score (nSPS) is 36.2. The van der Waals surface area contributed by atoms with Crippen molar-refractivity contribution < 1.29 is 9.84 Å². The smallest absolute Gasteiger partial charge is 0.102 e. The summed E-state index contributed by atoms with van der Waals surface area (Å²) in [5, 5.41) is 7.00. The van der Waals surface area contributed by atoms with E-state index in [0.717, 1.165) is 7.11 Å². The van der Waals surface area contributed by atoms with Gasteiger partial charge in [-0.25, -0.2) is 0 Å². The maximum absolute atomic E-state index is 7.00. The van der Waals surface area contributed by atoms with Crippen molar-refractivity contribution >= 4 is 0 Å². The summed E-state index contributed by atoms with van der Waals surface area (Å²) >= 11 is 0. The van der Waals surface area contributed by atoms with E-state index in [2.05, 4.69) is 12.2 Å². The highest BCUT2D eigenvalue weighted by molar-refractivity contribution is 5.07. The van der Waals surface area contributed by atoms with Crippen molar-refractivity contribution in [2.45, 2.75) is 25.0 Å².